The molecule has 1 aliphatic rings. The summed E-state index contributed by atoms with van der Waals surface area (Å²) in [5, 5.41) is 12.5. The quantitative estimate of drug-likeness (QED) is 0.691. The summed E-state index contributed by atoms with van der Waals surface area (Å²) < 4.78 is 1.98. The highest BCUT2D eigenvalue weighted by molar-refractivity contribution is 6.30. The molecule has 5 nitrogen and oxygen atoms in total. The smallest absolute Gasteiger partial charge is 0.242 e. The first-order chi connectivity index (χ1) is 12.2. The van der Waals surface area contributed by atoms with Crippen molar-refractivity contribution in [2.24, 2.45) is 0 Å². The number of hydrogen-bond acceptors (Lipinski definition) is 3. The molecule has 4 rings (SSSR count). The monoisotopic (exact) mass is 354 g/mol. The highest BCUT2D eigenvalue weighted by Crippen LogP contribution is 2.28. The normalized spacial score (nSPS) is 15.8. The molecule has 0 fully saturated rings. The Morgan fingerprint density at radius 1 is 1.32 bits per heavy atom. The molecule has 0 aliphatic carbocycles. The van der Waals surface area contributed by atoms with Crippen molar-refractivity contribution in [3.63, 3.8) is 0 Å². The number of benzene rings is 2. The number of carbonyl (C=O) groups is 1. The maximum Gasteiger partial charge on any atom is 0.242 e. The summed E-state index contributed by atoms with van der Waals surface area (Å²) in [7, 11) is 0. The van der Waals surface area contributed by atoms with Crippen LogP contribution >= 0.6 is 11.6 Å². The summed E-state index contributed by atoms with van der Waals surface area (Å²) in [5.41, 5.74) is 3.21. The van der Waals surface area contributed by atoms with Crippen molar-refractivity contribution >= 4 is 34.1 Å². The van der Waals surface area contributed by atoms with Gasteiger partial charge in [-0.25, -0.2) is 0 Å². The first-order valence-corrected chi connectivity index (χ1v) is 8.82. The number of amides is 1. The highest BCUT2D eigenvalue weighted by atomic mass is 35.5. The van der Waals surface area contributed by atoms with E-state index in [1.807, 2.05) is 41.2 Å². The van der Waals surface area contributed by atoms with E-state index in [4.69, 9.17) is 11.6 Å². The third-order valence-corrected chi connectivity index (χ3v) is 4.77. The lowest BCUT2D eigenvalue weighted by atomic mass is 10.1. The lowest BCUT2D eigenvalue weighted by Gasteiger charge is -2.12. The van der Waals surface area contributed by atoms with E-state index < -0.39 is 0 Å². The molecule has 6 heteroatoms. The number of anilines is 1. The van der Waals surface area contributed by atoms with Gasteiger partial charge in [0.2, 0.25) is 5.91 Å². The Morgan fingerprint density at radius 2 is 2.20 bits per heavy atom. The van der Waals surface area contributed by atoms with Gasteiger partial charge in [0.15, 0.2) is 0 Å². The van der Waals surface area contributed by atoms with Crippen LogP contribution in [-0.2, 0) is 17.8 Å². The second-order valence-electron chi connectivity index (χ2n) is 6.27. The van der Waals surface area contributed by atoms with E-state index in [1.165, 1.54) is 0 Å². The minimum Gasteiger partial charge on any atom is -0.373 e. The average molecular weight is 355 g/mol. The molecule has 0 saturated heterocycles. The van der Waals surface area contributed by atoms with Crippen LogP contribution in [0.1, 0.15) is 12.0 Å². The number of fused-ring (bicyclic) bond motifs is 2. The molecule has 1 aromatic heterocycles. The number of para-hydroxylation sites is 1. The number of aromatic nitrogens is 2. The van der Waals surface area contributed by atoms with Crippen LogP contribution in [0.15, 0.2) is 48.7 Å². The van der Waals surface area contributed by atoms with Crippen LogP contribution in [-0.4, -0.2) is 28.3 Å². The molecule has 0 saturated carbocycles. The number of rotatable bonds is 5. The van der Waals surface area contributed by atoms with Crippen molar-refractivity contribution < 1.29 is 4.79 Å². The summed E-state index contributed by atoms with van der Waals surface area (Å²) in [5.74, 6) is 0.0256. The zero-order valence-electron chi connectivity index (χ0n) is 13.7. The van der Waals surface area contributed by atoms with E-state index in [-0.39, 0.29) is 11.9 Å². The van der Waals surface area contributed by atoms with E-state index in [1.54, 1.807) is 0 Å². The minimum absolute atomic E-state index is 0.0256. The molecule has 128 valence electrons. The first kappa shape index (κ1) is 16.0. The Labute approximate surface area is 151 Å². The van der Waals surface area contributed by atoms with Gasteiger partial charge in [0.1, 0.15) is 6.04 Å². The van der Waals surface area contributed by atoms with E-state index >= 15 is 0 Å². The van der Waals surface area contributed by atoms with Crippen molar-refractivity contribution in [2.45, 2.75) is 25.4 Å². The van der Waals surface area contributed by atoms with Gasteiger partial charge in [0.05, 0.1) is 11.7 Å². The maximum absolute atomic E-state index is 12.3. The Balaban J connectivity index is 1.27. The number of halogens is 1. The Morgan fingerprint density at radius 3 is 3.12 bits per heavy atom. The molecule has 25 heavy (non-hydrogen) atoms. The fourth-order valence-electron chi connectivity index (χ4n) is 3.26. The number of nitrogens with one attached hydrogen (secondary N) is 2. The van der Waals surface area contributed by atoms with Gasteiger partial charge in [0, 0.05) is 35.6 Å². The second kappa shape index (κ2) is 6.76. The van der Waals surface area contributed by atoms with E-state index in [2.05, 4.69) is 27.9 Å². The third kappa shape index (κ3) is 3.33. The Hall–Kier alpha value is -2.53. The zero-order valence-corrected chi connectivity index (χ0v) is 14.5. The Kier molecular flexibility index (Phi) is 4.32. The topological polar surface area (TPSA) is 59.0 Å². The molecule has 3 aromatic rings. The van der Waals surface area contributed by atoms with Crippen LogP contribution < -0.4 is 10.6 Å². The number of aryl methyl sites for hydroxylation is 1. The fourth-order valence-corrected chi connectivity index (χ4v) is 3.45. The molecule has 2 aromatic carbocycles. The van der Waals surface area contributed by atoms with Gasteiger partial charge < -0.3 is 10.6 Å². The Bertz CT molecular complexity index is 921. The third-order valence-electron chi connectivity index (χ3n) is 4.53. The van der Waals surface area contributed by atoms with Gasteiger partial charge in [-0.3, -0.25) is 9.48 Å². The SMILES string of the molecule is O=C(NCCCn1ncc2ccccc21)C1Cc2cc(Cl)ccc2N1. The van der Waals surface area contributed by atoms with Crippen LogP contribution in [0.5, 0.6) is 0 Å². The molecule has 1 atom stereocenters. The van der Waals surface area contributed by atoms with Gasteiger partial charge in [-0.1, -0.05) is 29.8 Å². The van der Waals surface area contributed by atoms with E-state index in [0.717, 1.165) is 35.1 Å². The van der Waals surface area contributed by atoms with Crippen LogP contribution in [0.4, 0.5) is 5.69 Å². The van der Waals surface area contributed by atoms with Crippen molar-refractivity contribution in [3.8, 4) is 0 Å². The zero-order chi connectivity index (χ0) is 17.2. The fraction of sp³-hybridized carbons (Fsp3) is 0.263. The lowest BCUT2D eigenvalue weighted by molar-refractivity contribution is -0.121. The van der Waals surface area contributed by atoms with Gasteiger partial charge in [0.25, 0.3) is 0 Å². The van der Waals surface area contributed by atoms with Gasteiger partial charge in [-0.2, -0.15) is 5.10 Å². The predicted molar refractivity (Wildman–Crippen MR) is 99.9 cm³/mol. The van der Waals surface area contributed by atoms with Crippen molar-refractivity contribution in [2.75, 3.05) is 11.9 Å². The average Bonchev–Trinajstić information content (AvgIpc) is 3.22. The van der Waals surface area contributed by atoms with Gasteiger partial charge >= 0.3 is 0 Å². The molecular weight excluding hydrogens is 336 g/mol. The van der Waals surface area contributed by atoms with Gasteiger partial charge in [-0.05, 0) is 36.2 Å². The number of hydrogen-bond donors (Lipinski definition) is 2. The van der Waals surface area contributed by atoms with E-state index in [9.17, 15) is 4.79 Å². The first-order valence-electron chi connectivity index (χ1n) is 8.44. The minimum atomic E-state index is -0.223. The maximum atomic E-state index is 12.3. The van der Waals surface area contributed by atoms with Crippen LogP contribution in [0.2, 0.25) is 5.02 Å². The molecule has 1 unspecified atom stereocenters. The largest absolute Gasteiger partial charge is 0.373 e. The lowest BCUT2D eigenvalue weighted by Crippen LogP contribution is -2.39. The van der Waals surface area contributed by atoms with Crippen molar-refractivity contribution in [1.29, 1.82) is 0 Å². The predicted octanol–water partition coefficient (Wildman–Crippen LogP) is 3.23. The van der Waals surface area contributed by atoms with Crippen molar-refractivity contribution in [1.82, 2.24) is 15.1 Å². The molecular formula is C19H19ClN4O. The molecule has 0 radical (unpaired) electrons. The van der Waals surface area contributed by atoms with Crippen molar-refractivity contribution in [3.05, 3.63) is 59.2 Å². The molecule has 1 amide bonds. The van der Waals surface area contributed by atoms with Crippen LogP contribution in [0, 0.1) is 0 Å². The number of carbonyl (C=O) groups excluding carboxylic acids is 1. The summed E-state index contributed by atoms with van der Waals surface area (Å²) in [6.45, 7) is 1.41. The highest BCUT2D eigenvalue weighted by Gasteiger charge is 2.26. The molecule has 2 heterocycles. The van der Waals surface area contributed by atoms with E-state index in [0.29, 0.717) is 18.0 Å². The summed E-state index contributed by atoms with van der Waals surface area (Å²) >= 11 is 6.01. The standard InChI is InChI=1S/C19H19ClN4O/c20-15-6-7-16-14(10-15)11-17(23-16)19(25)21-8-3-9-24-18-5-2-1-4-13(18)12-22-24/h1-2,4-7,10,12,17,23H,3,8-9,11H2,(H,21,25). The van der Waals surface area contributed by atoms with Crippen LogP contribution in [0.25, 0.3) is 10.9 Å². The summed E-state index contributed by atoms with van der Waals surface area (Å²) in [6.07, 6.45) is 3.38. The molecule has 0 spiro atoms. The second-order valence-corrected chi connectivity index (χ2v) is 6.71. The molecule has 0 bridgehead atoms. The van der Waals surface area contributed by atoms with Crippen LogP contribution in [0.3, 0.4) is 0 Å². The number of nitrogens with zero attached hydrogens (tertiary/aromatic N) is 2. The molecule has 2 N–H and O–H groups in total. The summed E-state index contributed by atoms with van der Waals surface area (Å²) in [4.78, 5) is 12.3. The van der Waals surface area contributed by atoms with Gasteiger partial charge in [-0.15, -0.1) is 0 Å². The summed E-state index contributed by atoms with van der Waals surface area (Å²) in [6, 6.07) is 13.6. The molecule has 1 aliphatic heterocycles.